The third-order valence-corrected chi connectivity index (χ3v) is 3.16. The molecule has 0 heterocycles. The summed E-state index contributed by atoms with van der Waals surface area (Å²) in [6.45, 7) is 2.15. The van der Waals surface area contributed by atoms with Gasteiger partial charge >= 0.3 is 5.97 Å². The highest BCUT2D eigenvalue weighted by molar-refractivity contribution is 5.66. The molecule has 0 saturated carbocycles. The molecule has 0 atom stereocenters. The number of unbranched alkanes of at least 4 members (excludes halogenated alkanes) is 3. The second-order valence-corrected chi connectivity index (χ2v) is 5.42. The van der Waals surface area contributed by atoms with Gasteiger partial charge in [0.25, 0.3) is 0 Å². The molecule has 0 bridgehead atoms. The van der Waals surface area contributed by atoms with E-state index in [2.05, 4.69) is 55.5 Å². The summed E-state index contributed by atoms with van der Waals surface area (Å²) in [7, 11) is 0. The van der Waals surface area contributed by atoms with Crippen LogP contribution in [0.2, 0.25) is 0 Å². The van der Waals surface area contributed by atoms with Gasteiger partial charge < -0.3 is 5.11 Å². The van der Waals surface area contributed by atoms with Gasteiger partial charge in [0.15, 0.2) is 0 Å². The average Bonchev–Trinajstić information content (AvgIpc) is 2.56. The molecule has 2 heteroatoms. The molecule has 1 N–H and O–H groups in total. The lowest BCUT2D eigenvalue weighted by atomic mass is 10.2. The molecule has 0 aromatic carbocycles. The Morgan fingerprint density at radius 2 is 1.17 bits per heavy atom. The summed E-state index contributed by atoms with van der Waals surface area (Å²) in [5, 5.41) is 8.50. The fourth-order valence-corrected chi connectivity index (χ4v) is 1.88. The minimum atomic E-state index is -0.733. The third kappa shape index (κ3) is 19.9. The number of aliphatic carboxylic acids is 1. The molecule has 0 spiro atoms. The summed E-state index contributed by atoms with van der Waals surface area (Å²) >= 11 is 0. The molecule has 0 aromatic rings. The molecule has 0 unspecified atom stereocenters. The van der Waals surface area contributed by atoms with Crippen LogP contribution < -0.4 is 0 Å². The van der Waals surface area contributed by atoms with E-state index in [-0.39, 0.29) is 6.42 Å². The van der Waals surface area contributed by atoms with Crippen LogP contribution in [0.5, 0.6) is 0 Å². The molecule has 0 saturated heterocycles. The van der Waals surface area contributed by atoms with Gasteiger partial charge in [-0.3, -0.25) is 4.79 Å². The van der Waals surface area contributed by atoms with Crippen LogP contribution in [0.4, 0.5) is 0 Å². The molecule has 0 aliphatic rings. The van der Waals surface area contributed by atoms with Gasteiger partial charge in [-0.15, -0.1) is 0 Å². The Morgan fingerprint density at radius 1 is 0.667 bits per heavy atom. The van der Waals surface area contributed by atoms with Gasteiger partial charge in [-0.2, -0.15) is 0 Å². The van der Waals surface area contributed by atoms with Crippen molar-refractivity contribution in [2.75, 3.05) is 0 Å². The Hall–Kier alpha value is -2.09. The molecule has 0 amide bonds. The molecular formula is C22H32O2. The zero-order valence-corrected chi connectivity index (χ0v) is 14.9. The summed E-state index contributed by atoms with van der Waals surface area (Å²) < 4.78 is 0. The third-order valence-electron chi connectivity index (χ3n) is 3.16. The highest BCUT2D eigenvalue weighted by Crippen LogP contribution is 2.00. The zero-order valence-electron chi connectivity index (χ0n) is 14.9. The molecule has 2 nitrogen and oxygen atoms in total. The SMILES string of the molecule is CCC=CCCC=CC=CC=CC=CCCCC=CCCC(=O)O. The first-order valence-corrected chi connectivity index (χ1v) is 8.94. The monoisotopic (exact) mass is 328 g/mol. The minimum Gasteiger partial charge on any atom is -0.481 e. The van der Waals surface area contributed by atoms with Crippen molar-refractivity contribution in [2.24, 2.45) is 0 Å². The molecular weight excluding hydrogens is 296 g/mol. The number of hydrogen-bond acceptors (Lipinski definition) is 1. The first-order valence-electron chi connectivity index (χ1n) is 8.94. The molecule has 132 valence electrons. The fraction of sp³-hybridized carbons (Fsp3) is 0.409. The van der Waals surface area contributed by atoms with Crippen LogP contribution in [-0.2, 0) is 4.79 Å². The van der Waals surface area contributed by atoms with Crippen LogP contribution in [0.3, 0.4) is 0 Å². The fourth-order valence-electron chi connectivity index (χ4n) is 1.88. The van der Waals surface area contributed by atoms with E-state index in [4.69, 9.17) is 5.11 Å². The van der Waals surface area contributed by atoms with Crippen LogP contribution in [0.25, 0.3) is 0 Å². The van der Waals surface area contributed by atoms with Gasteiger partial charge in [0.05, 0.1) is 0 Å². The number of carbonyl (C=O) groups is 1. The molecule has 0 fully saturated rings. The lowest BCUT2D eigenvalue weighted by Crippen LogP contribution is -1.91. The highest BCUT2D eigenvalue weighted by Gasteiger charge is 1.91. The van der Waals surface area contributed by atoms with E-state index in [0.29, 0.717) is 6.42 Å². The van der Waals surface area contributed by atoms with Gasteiger partial charge in [-0.05, 0) is 44.9 Å². The summed E-state index contributed by atoms with van der Waals surface area (Å²) in [6.07, 6.45) is 32.4. The second-order valence-electron chi connectivity index (χ2n) is 5.42. The van der Waals surface area contributed by atoms with Crippen molar-refractivity contribution in [1.29, 1.82) is 0 Å². The van der Waals surface area contributed by atoms with Gasteiger partial charge in [0.1, 0.15) is 0 Å². The van der Waals surface area contributed by atoms with Crippen LogP contribution >= 0.6 is 0 Å². The Kier molecular flexibility index (Phi) is 17.3. The van der Waals surface area contributed by atoms with E-state index in [1.165, 1.54) is 0 Å². The van der Waals surface area contributed by atoms with Crippen LogP contribution in [0.1, 0.15) is 58.3 Å². The van der Waals surface area contributed by atoms with Gasteiger partial charge in [0.2, 0.25) is 0 Å². The Labute approximate surface area is 147 Å². The first kappa shape index (κ1) is 21.9. The Bertz CT molecular complexity index is 462. The maximum Gasteiger partial charge on any atom is 0.303 e. The van der Waals surface area contributed by atoms with E-state index < -0.39 is 5.97 Å². The number of carboxylic acid groups (broad SMARTS) is 1. The van der Waals surface area contributed by atoms with Gasteiger partial charge in [-0.25, -0.2) is 0 Å². The second kappa shape index (κ2) is 19.0. The number of carboxylic acids is 1. The topological polar surface area (TPSA) is 37.3 Å². The normalized spacial score (nSPS) is 13.0. The Morgan fingerprint density at radius 3 is 1.83 bits per heavy atom. The molecule has 0 aromatic heterocycles. The van der Waals surface area contributed by atoms with E-state index in [1.807, 2.05) is 24.3 Å². The van der Waals surface area contributed by atoms with Gasteiger partial charge in [0, 0.05) is 6.42 Å². The zero-order chi connectivity index (χ0) is 17.7. The average molecular weight is 328 g/mol. The van der Waals surface area contributed by atoms with Crippen molar-refractivity contribution in [3.8, 4) is 0 Å². The number of hydrogen-bond donors (Lipinski definition) is 1. The summed E-state index contributed by atoms with van der Waals surface area (Å²) in [5.74, 6) is -0.733. The van der Waals surface area contributed by atoms with Crippen molar-refractivity contribution in [3.05, 3.63) is 72.9 Å². The molecule has 0 aliphatic carbocycles. The lowest BCUT2D eigenvalue weighted by molar-refractivity contribution is -0.136. The van der Waals surface area contributed by atoms with Crippen LogP contribution in [-0.4, -0.2) is 11.1 Å². The Balaban J connectivity index is 3.54. The van der Waals surface area contributed by atoms with Crippen molar-refractivity contribution < 1.29 is 9.90 Å². The smallest absolute Gasteiger partial charge is 0.303 e. The number of rotatable bonds is 14. The van der Waals surface area contributed by atoms with E-state index >= 15 is 0 Å². The predicted molar refractivity (Wildman–Crippen MR) is 105 cm³/mol. The maximum absolute atomic E-state index is 10.3. The quantitative estimate of drug-likeness (QED) is 0.223. The largest absolute Gasteiger partial charge is 0.481 e. The summed E-state index contributed by atoms with van der Waals surface area (Å²) in [4.78, 5) is 10.3. The van der Waals surface area contributed by atoms with E-state index in [9.17, 15) is 4.79 Å². The predicted octanol–water partition coefficient (Wildman–Crippen LogP) is 6.55. The van der Waals surface area contributed by atoms with Crippen molar-refractivity contribution >= 4 is 5.97 Å². The molecule has 0 aliphatic heterocycles. The van der Waals surface area contributed by atoms with Gasteiger partial charge in [-0.1, -0.05) is 79.8 Å². The lowest BCUT2D eigenvalue weighted by Gasteiger charge is -1.90. The summed E-state index contributed by atoms with van der Waals surface area (Å²) in [5.41, 5.74) is 0. The molecule has 24 heavy (non-hydrogen) atoms. The van der Waals surface area contributed by atoms with Crippen molar-refractivity contribution in [1.82, 2.24) is 0 Å². The molecule has 0 rings (SSSR count). The van der Waals surface area contributed by atoms with Crippen LogP contribution in [0, 0.1) is 0 Å². The maximum atomic E-state index is 10.3. The standard InChI is InChI=1S/C22H32O2/c1-2-3-4-5-6-7-8-9-10-11-12-13-14-15-16-17-18-19-20-21-22(23)24/h3-4,7-14,18-19H,2,5-6,15-17,20-21H2,1H3,(H,23,24). The van der Waals surface area contributed by atoms with Crippen molar-refractivity contribution in [2.45, 2.75) is 58.3 Å². The van der Waals surface area contributed by atoms with E-state index in [0.717, 1.165) is 38.5 Å². The number of allylic oxidation sites excluding steroid dienone is 12. The van der Waals surface area contributed by atoms with Crippen molar-refractivity contribution in [3.63, 3.8) is 0 Å². The summed E-state index contributed by atoms with van der Waals surface area (Å²) in [6, 6.07) is 0. The highest BCUT2D eigenvalue weighted by atomic mass is 16.4. The molecule has 0 radical (unpaired) electrons. The minimum absolute atomic E-state index is 0.222. The van der Waals surface area contributed by atoms with E-state index in [1.54, 1.807) is 0 Å². The first-order chi connectivity index (χ1) is 11.8. The van der Waals surface area contributed by atoms with Crippen LogP contribution in [0.15, 0.2) is 72.9 Å².